The fourth-order valence-electron chi connectivity index (χ4n) is 3.14. The minimum atomic E-state index is -0.277. The van der Waals surface area contributed by atoms with Gasteiger partial charge in [-0.15, -0.1) is 10.2 Å². The van der Waals surface area contributed by atoms with Crippen LogP contribution in [0.25, 0.3) is 0 Å². The van der Waals surface area contributed by atoms with E-state index < -0.39 is 0 Å². The number of nitrogens with one attached hydrogen (secondary N) is 2. The van der Waals surface area contributed by atoms with E-state index in [-0.39, 0.29) is 24.1 Å². The second-order valence-electron chi connectivity index (χ2n) is 7.82. The molecule has 0 atom stereocenters. The molecule has 1 aromatic heterocycles. The molecule has 2 amide bonds. The third kappa shape index (κ3) is 6.28. The van der Waals surface area contributed by atoms with Gasteiger partial charge in [0.2, 0.25) is 5.91 Å². The molecule has 1 heterocycles. The van der Waals surface area contributed by atoms with Crippen molar-refractivity contribution in [3.8, 4) is 11.5 Å². The maximum atomic E-state index is 12.5. The first-order valence-corrected chi connectivity index (χ1v) is 11.7. The molecule has 0 spiro atoms. The lowest BCUT2D eigenvalue weighted by Gasteiger charge is -2.10. The number of nitrogens with zero attached hydrogens (tertiary/aromatic N) is 3. The smallest absolute Gasteiger partial charge is 0.251 e. The van der Waals surface area contributed by atoms with E-state index in [1.807, 2.05) is 24.3 Å². The zero-order valence-corrected chi connectivity index (χ0v) is 20.7. The molecule has 9 nitrogen and oxygen atoms in total. The molecule has 0 saturated carbocycles. The van der Waals surface area contributed by atoms with Crippen LogP contribution < -0.4 is 20.1 Å². The SMILES string of the molecule is COc1ccc(C(=O)NCc2nnc(SCC(=O)Nc3ccc(C(C)C)cc3)n2C)cc1OC. The first-order valence-electron chi connectivity index (χ1n) is 10.7. The molecule has 180 valence electrons. The van der Waals surface area contributed by atoms with Crippen LogP contribution in [-0.2, 0) is 18.4 Å². The number of aromatic nitrogens is 3. The second-order valence-corrected chi connectivity index (χ2v) is 8.77. The van der Waals surface area contributed by atoms with Gasteiger partial charge in [-0.05, 0) is 41.8 Å². The van der Waals surface area contributed by atoms with Gasteiger partial charge in [-0.3, -0.25) is 9.59 Å². The highest BCUT2D eigenvalue weighted by molar-refractivity contribution is 7.99. The molecular weight excluding hydrogens is 454 g/mol. The standard InChI is InChI=1S/C24H29N5O4S/c1-15(2)16-6-9-18(10-7-16)26-22(30)14-34-24-28-27-21(29(24)3)13-25-23(31)17-8-11-19(32-4)20(12-17)33-5/h6-12,15H,13-14H2,1-5H3,(H,25,31)(H,26,30). The van der Waals surface area contributed by atoms with E-state index in [9.17, 15) is 9.59 Å². The van der Waals surface area contributed by atoms with E-state index in [4.69, 9.17) is 9.47 Å². The second kappa shape index (κ2) is 11.6. The van der Waals surface area contributed by atoms with Crippen LogP contribution >= 0.6 is 11.8 Å². The van der Waals surface area contributed by atoms with Gasteiger partial charge in [-0.25, -0.2) is 0 Å². The highest BCUT2D eigenvalue weighted by Crippen LogP contribution is 2.27. The Bertz CT molecular complexity index is 1140. The van der Waals surface area contributed by atoms with Gasteiger partial charge in [0.05, 0.1) is 26.5 Å². The number of ether oxygens (including phenoxy) is 2. The van der Waals surface area contributed by atoms with Crippen molar-refractivity contribution in [3.63, 3.8) is 0 Å². The van der Waals surface area contributed by atoms with Crippen LogP contribution in [0.15, 0.2) is 47.6 Å². The number of rotatable bonds is 10. The van der Waals surface area contributed by atoms with Gasteiger partial charge >= 0.3 is 0 Å². The van der Waals surface area contributed by atoms with Crippen molar-refractivity contribution in [2.75, 3.05) is 25.3 Å². The van der Waals surface area contributed by atoms with E-state index in [0.29, 0.717) is 34.0 Å². The Morgan fingerprint density at radius 1 is 1.03 bits per heavy atom. The van der Waals surface area contributed by atoms with Gasteiger partial charge in [0.1, 0.15) is 0 Å². The Morgan fingerprint density at radius 3 is 2.38 bits per heavy atom. The molecule has 0 bridgehead atoms. The molecule has 3 aromatic rings. The van der Waals surface area contributed by atoms with Crippen LogP contribution in [0.4, 0.5) is 5.69 Å². The Kier molecular flexibility index (Phi) is 8.53. The summed E-state index contributed by atoms with van der Waals surface area (Å²) in [6.07, 6.45) is 0. The minimum Gasteiger partial charge on any atom is -0.493 e. The lowest BCUT2D eigenvalue weighted by Crippen LogP contribution is -2.24. The van der Waals surface area contributed by atoms with Crippen molar-refractivity contribution in [1.82, 2.24) is 20.1 Å². The third-order valence-electron chi connectivity index (χ3n) is 5.17. The van der Waals surface area contributed by atoms with E-state index >= 15 is 0 Å². The first-order chi connectivity index (χ1) is 16.3. The van der Waals surface area contributed by atoms with Crippen LogP contribution in [0.1, 0.15) is 41.5 Å². The maximum Gasteiger partial charge on any atom is 0.251 e. The van der Waals surface area contributed by atoms with Gasteiger partial charge in [0, 0.05) is 18.3 Å². The lowest BCUT2D eigenvalue weighted by atomic mass is 10.0. The van der Waals surface area contributed by atoms with E-state index in [2.05, 4.69) is 34.7 Å². The molecule has 2 aromatic carbocycles. The summed E-state index contributed by atoms with van der Waals surface area (Å²) in [5, 5.41) is 14.6. The summed E-state index contributed by atoms with van der Waals surface area (Å²) < 4.78 is 12.2. The summed E-state index contributed by atoms with van der Waals surface area (Å²) in [5.74, 6) is 1.81. The quantitative estimate of drug-likeness (QED) is 0.424. The van der Waals surface area contributed by atoms with Crippen molar-refractivity contribution in [3.05, 3.63) is 59.4 Å². The molecule has 10 heteroatoms. The number of methoxy groups -OCH3 is 2. The van der Waals surface area contributed by atoms with Crippen molar-refractivity contribution in [1.29, 1.82) is 0 Å². The molecule has 0 fully saturated rings. The van der Waals surface area contributed by atoms with Gasteiger partial charge in [0.15, 0.2) is 22.5 Å². The number of hydrogen-bond acceptors (Lipinski definition) is 7. The monoisotopic (exact) mass is 483 g/mol. The zero-order valence-electron chi connectivity index (χ0n) is 19.9. The van der Waals surface area contributed by atoms with Crippen molar-refractivity contribution >= 4 is 29.3 Å². The molecule has 3 rings (SSSR count). The van der Waals surface area contributed by atoms with Gasteiger partial charge in [-0.1, -0.05) is 37.7 Å². The van der Waals surface area contributed by atoms with Crippen LogP contribution in [0, 0.1) is 0 Å². The lowest BCUT2D eigenvalue weighted by molar-refractivity contribution is -0.113. The topological polar surface area (TPSA) is 107 Å². The summed E-state index contributed by atoms with van der Waals surface area (Å²) in [6, 6.07) is 12.8. The average Bonchev–Trinajstić information content (AvgIpc) is 3.20. The van der Waals surface area contributed by atoms with Crippen LogP contribution in [-0.4, -0.2) is 46.6 Å². The highest BCUT2D eigenvalue weighted by Gasteiger charge is 2.15. The summed E-state index contributed by atoms with van der Waals surface area (Å²) >= 11 is 1.28. The number of carbonyl (C=O) groups is 2. The number of thioether (sulfide) groups is 1. The minimum absolute atomic E-state index is 0.131. The molecule has 0 unspecified atom stereocenters. The number of carbonyl (C=O) groups excluding carboxylic acids is 2. The molecule has 0 radical (unpaired) electrons. The number of anilines is 1. The molecule has 2 N–H and O–H groups in total. The predicted molar refractivity (Wildman–Crippen MR) is 132 cm³/mol. The van der Waals surface area contributed by atoms with E-state index in [0.717, 1.165) is 5.69 Å². The Hall–Kier alpha value is -3.53. The molecule has 0 aliphatic heterocycles. The first kappa shape index (κ1) is 25.1. The molecular formula is C24H29N5O4S. The van der Waals surface area contributed by atoms with Crippen molar-refractivity contribution in [2.24, 2.45) is 7.05 Å². The maximum absolute atomic E-state index is 12.5. The van der Waals surface area contributed by atoms with Crippen molar-refractivity contribution in [2.45, 2.75) is 31.5 Å². The van der Waals surface area contributed by atoms with E-state index in [1.54, 1.807) is 29.8 Å². The zero-order chi connectivity index (χ0) is 24.7. The van der Waals surface area contributed by atoms with Gasteiger partial charge in [-0.2, -0.15) is 0 Å². The number of benzene rings is 2. The van der Waals surface area contributed by atoms with Gasteiger partial charge < -0.3 is 24.7 Å². The van der Waals surface area contributed by atoms with Crippen molar-refractivity contribution < 1.29 is 19.1 Å². The average molecular weight is 484 g/mol. The normalized spacial score (nSPS) is 10.8. The van der Waals surface area contributed by atoms with Gasteiger partial charge in [0.25, 0.3) is 5.91 Å². The van der Waals surface area contributed by atoms with Crippen LogP contribution in [0.3, 0.4) is 0 Å². The molecule has 0 aliphatic rings. The number of amides is 2. The van der Waals surface area contributed by atoms with Crippen LogP contribution in [0.5, 0.6) is 11.5 Å². The van der Waals surface area contributed by atoms with E-state index in [1.165, 1.54) is 31.5 Å². The Morgan fingerprint density at radius 2 is 1.74 bits per heavy atom. The summed E-state index contributed by atoms with van der Waals surface area (Å²) in [7, 11) is 4.85. The third-order valence-corrected chi connectivity index (χ3v) is 6.19. The largest absolute Gasteiger partial charge is 0.493 e. The van der Waals surface area contributed by atoms with Crippen LogP contribution in [0.2, 0.25) is 0 Å². The summed E-state index contributed by atoms with van der Waals surface area (Å²) in [6.45, 7) is 4.44. The summed E-state index contributed by atoms with van der Waals surface area (Å²) in [4.78, 5) is 24.9. The fraction of sp³-hybridized carbons (Fsp3) is 0.333. The molecule has 34 heavy (non-hydrogen) atoms. The fourth-order valence-corrected chi connectivity index (χ4v) is 3.87. The molecule has 0 aliphatic carbocycles. The number of hydrogen-bond donors (Lipinski definition) is 2. The Labute approximate surface area is 203 Å². The Balaban J connectivity index is 1.52. The predicted octanol–water partition coefficient (Wildman–Crippen LogP) is 3.62. The highest BCUT2D eigenvalue weighted by atomic mass is 32.2. The summed E-state index contributed by atoms with van der Waals surface area (Å²) in [5.41, 5.74) is 2.41. The molecule has 0 saturated heterocycles.